The first kappa shape index (κ1) is 17.0. The van der Waals surface area contributed by atoms with Crippen molar-refractivity contribution >= 4 is 23.8 Å². The smallest absolute Gasteiger partial charge is 0.408 e. The summed E-state index contributed by atoms with van der Waals surface area (Å²) in [4.78, 5) is 25.6. The Morgan fingerprint density at radius 3 is 2.39 bits per heavy atom. The minimum absolute atomic E-state index is 0.254. The summed E-state index contributed by atoms with van der Waals surface area (Å²) >= 11 is 5.33. The molecule has 106 valence electrons. The summed E-state index contributed by atoms with van der Waals surface area (Å²) in [6.45, 7) is 5.85. The van der Waals surface area contributed by atoms with Crippen LogP contribution in [0.25, 0.3) is 0 Å². The third-order valence-corrected chi connectivity index (χ3v) is 2.21. The third kappa shape index (κ3) is 8.14. The van der Waals surface area contributed by atoms with Crippen LogP contribution in [0.15, 0.2) is 0 Å². The van der Waals surface area contributed by atoms with E-state index in [0.29, 0.717) is 19.4 Å². The van der Waals surface area contributed by atoms with Gasteiger partial charge >= 0.3 is 6.09 Å². The van der Waals surface area contributed by atoms with Crippen LogP contribution in [0.1, 0.15) is 33.6 Å². The van der Waals surface area contributed by atoms with E-state index < -0.39 is 17.7 Å². The summed E-state index contributed by atoms with van der Waals surface area (Å²) in [5.74, 6) is -0.254. The minimum Gasteiger partial charge on any atom is -0.444 e. The lowest BCUT2D eigenvalue weighted by molar-refractivity contribution is -0.122. The van der Waals surface area contributed by atoms with Gasteiger partial charge in [-0.2, -0.15) is 0 Å². The van der Waals surface area contributed by atoms with Gasteiger partial charge in [-0.3, -0.25) is 4.79 Å². The van der Waals surface area contributed by atoms with E-state index in [1.54, 1.807) is 20.8 Å². The Kier molecular flexibility index (Phi) is 7.70. The lowest BCUT2D eigenvalue weighted by Gasteiger charge is -2.22. The molecule has 3 N–H and O–H groups in total. The van der Waals surface area contributed by atoms with E-state index >= 15 is 0 Å². The second-order valence-electron chi connectivity index (χ2n) is 4.84. The van der Waals surface area contributed by atoms with Crippen molar-refractivity contribution in [1.82, 2.24) is 15.5 Å². The van der Waals surface area contributed by atoms with Crippen LogP contribution in [0.4, 0.5) is 4.79 Å². The molecule has 1 atom stereocenters. The minimum atomic E-state index is -0.616. The predicted octanol–water partition coefficient (Wildman–Crippen LogP) is 1.15. The molecule has 0 aliphatic heterocycles. The van der Waals surface area contributed by atoms with Gasteiger partial charge in [-0.15, -0.1) is 0 Å². The molecule has 0 aromatic heterocycles. The first-order chi connectivity index (χ1) is 8.30. The summed E-state index contributed by atoms with van der Waals surface area (Å²) in [7, 11) is 1.52. The summed E-state index contributed by atoms with van der Waals surface area (Å²) in [5.41, 5.74) is -0.588. The molecule has 0 aromatic rings. The quantitative estimate of drug-likeness (QED) is 0.503. The number of hydrogen-bond acceptors (Lipinski definition) is 4. The fourth-order valence-electron chi connectivity index (χ4n) is 1.27. The number of alkyl carbamates (subject to hydrolysis) is 1. The maximum absolute atomic E-state index is 11.6. The second kappa shape index (κ2) is 8.16. The molecule has 0 aliphatic carbocycles. The van der Waals surface area contributed by atoms with Crippen LogP contribution in [0.3, 0.4) is 0 Å². The number of halogens is 1. The Hall–Kier alpha value is -1.01. The monoisotopic (exact) mass is 279 g/mol. The van der Waals surface area contributed by atoms with Gasteiger partial charge in [0.05, 0.1) is 0 Å². The molecule has 7 heteroatoms. The number of amides is 2. The van der Waals surface area contributed by atoms with Crippen molar-refractivity contribution in [3.63, 3.8) is 0 Å². The van der Waals surface area contributed by atoms with Crippen LogP contribution in [0, 0.1) is 0 Å². The lowest BCUT2D eigenvalue weighted by Crippen LogP contribution is -2.47. The zero-order valence-electron chi connectivity index (χ0n) is 11.3. The third-order valence-electron chi connectivity index (χ3n) is 2.02. The molecule has 0 saturated heterocycles. The second-order valence-corrected chi connectivity index (χ2v) is 5.11. The highest BCUT2D eigenvalue weighted by atomic mass is 35.5. The predicted molar refractivity (Wildman–Crippen MR) is 70.3 cm³/mol. The molecule has 18 heavy (non-hydrogen) atoms. The fraction of sp³-hybridized carbons (Fsp3) is 0.818. The van der Waals surface area contributed by atoms with Gasteiger partial charge in [0.1, 0.15) is 11.6 Å². The van der Waals surface area contributed by atoms with E-state index in [9.17, 15) is 9.59 Å². The average Bonchev–Trinajstić information content (AvgIpc) is 2.24. The van der Waals surface area contributed by atoms with E-state index in [1.165, 1.54) is 7.05 Å². The first-order valence-electron chi connectivity index (χ1n) is 5.84. The van der Waals surface area contributed by atoms with E-state index in [0.717, 1.165) is 0 Å². The van der Waals surface area contributed by atoms with Crippen LogP contribution < -0.4 is 15.5 Å². The maximum atomic E-state index is 11.6. The van der Waals surface area contributed by atoms with Crippen molar-refractivity contribution in [2.24, 2.45) is 0 Å². The number of carbonyl (C=O) groups is 2. The zero-order valence-corrected chi connectivity index (χ0v) is 12.1. The van der Waals surface area contributed by atoms with Crippen LogP contribution in [0.2, 0.25) is 0 Å². The number of ether oxygens (including phenoxy) is 1. The molecule has 0 unspecified atom stereocenters. The zero-order chi connectivity index (χ0) is 14.2. The van der Waals surface area contributed by atoms with Crippen molar-refractivity contribution < 1.29 is 14.3 Å². The first-order valence-corrected chi connectivity index (χ1v) is 6.22. The number of carbonyl (C=O) groups excluding carboxylic acids is 2. The number of nitrogens with one attached hydrogen (secondary N) is 3. The Labute approximate surface area is 113 Å². The molecule has 0 aliphatic rings. The van der Waals surface area contributed by atoms with Crippen molar-refractivity contribution in [2.45, 2.75) is 45.3 Å². The summed E-state index contributed by atoms with van der Waals surface area (Å²) in [6.07, 6.45) is 0.547. The fourth-order valence-corrected chi connectivity index (χ4v) is 1.40. The van der Waals surface area contributed by atoms with Gasteiger partial charge < -0.3 is 15.4 Å². The number of rotatable bonds is 6. The van der Waals surface area contributed by atoms with Crippen molar-refractivity contribution in [2.75, 3.05) is 13.6 Å². The largest absolute Gasteiger partial charge is 0.444 e. The van der Waals surface area contributed by atoms with Crippen LogP contribution >= 0.6 is 11.8 Å². The molecule has 0 heterocycles. The summed E-state index contributed by atoms with van der Waals surface area (Å²) in [6, 6.07) is -0.616. The molecule has 0 aromatic carbocycles. The van der Waals surface area contributed by atoms with Gasteiger partial charge in [-0.1, -0.05) is 0 Å². The van der Waals surface area contributed by atoms with Crippen LogP contribution in [-0.4, -0.2) is 37.2 Å². The van der Waals surface area contributed by atoms with Crippen molar-refractivity contribution in [3.8, 4) is 0 Å². The van der Waals surface area contributed by atoms with E-state index in [2.05, 4.69) is 15.5 Å². The number of likely N-dealkylation sites (N-methyl/N-ethyl adjacent to an activating group) is 1. The Bertz CT molecular complexity index is 279. The van der Waals surface area contributed by atoms with Crippen LogP contribution in [-0.2, 0) is 9.53 Å². The Morgan fingerprint density at radius 1 is 1.33 bits per heavy atom. The molecule has 0 rings (SSSR count). The molecule has 0 radical (unpaired) electrons. The van der Waals surface area contributed by atoms with E-state index in [1.807, 2.05) is 0 Å². The molecule has 2 amide bonds. The highest BCUT2D eigenvalue weighted by molar-refractivity contribution is 6.13. The molecule has 0 bridgehead atoms. The van der Waals surface area contributed by atoms with Crippen LogP contribution in [0.5, 0.6) is 0 Å². The van der Waals surface area contributed by atoms with Gasteiger partial charge in [0, 0.05) is 13.6 Å². The van der Waals surface area contributed by atoms with Gasteiger partial charge in [-0.05, 0) is 45.4 Å². The van der Waals surface area contributed by atoms with E-state index in [4.69, 9.17) is 16.5 Å². The van der Waals surface area contributed by atoms with Gasteiger partial charge in [0.15, 0.2) is 0 Å². The SMILES string of the molecule is CNC(=O)[C@H](CCCNCl)NC(=O)OC(C)(C)C. The topological polar surface area (TPSA) is 79.5 Å². The molecular formula is C11H22ClN3O3. The van der Waals surface area contributed by atoms with Crippen molar-refractivity contribution in [1.29, 1.82) is 0 Å². The normalized spacial score (nSPS) is 12.7. The lowest BCUT2D eigenvalue weighted by atomic mass is 10.1. The summed E-state index contributed by atoms with van der Waals surface area (Å²) in [5, 5.41) is 5.04. The van der Waals surface area contributed by atoms with Crippen molar-refractivity contribution in [3.05, 3.63) is 0 Å². The Morgan fingerprint density at radius 2 is 1.94 bits per heavy atom. The standard InChI is InChI=1S/C11H22ClN3O3/c1-11(2,3)18-10(17)15-8(9(16)13-4)6-5-7-14-12/h8,14H,5-7H2,1-4H3,(H,13,16)(H,15,17)/t8-/m0/s1. The Balaban J connectivity index is 4.31. The average molecular weight is 280 g/mol. The highest BCUT2D eigenvalue weighted by Gasteiger charge is 2.23. The number of hydrogen-bond donors (Lipinski definition) is 3. The van der Waals surface area contributed by atoms with Gasteiger partial charge in [-0.25, -0.2) is 9.63 Å². The molecule has 0 fully saturated rings. The molecular weight excluding hydrogens is 258 g/mol. The molecule has 0 spiro atoms. The summed E-state index contributed by atoms with van der Waals surface area (Å²) < 4.78 is 5.10. The maximum Gasteiger partial charge on any atom is 0.408 e. The van der Waals surface area contributed by atoms with Gasteiger partial charge in [0.25, 0.3) is 0 Å². The van der Waals surface area contributed by atoms with Gasteiger partial charge in [0.2, 0.25) is 5.91 Å². The molecule has 6 nitrogen and oxygen atoms in total. The highest BCUT2D eigenvalue weighted by Crippen LogP contribution is 2.07. The molecule has 0 saturated carbocycles. The van der Waals surface area contributed by atoms with E-state index in [-0.39, 0.29) is 5.91 Å².